The summed E-state index contributed by atoms with van der Waals surface area (Å²) >= 11 is 13.0. The van der Waals surface area contributed by atoms with Gasteiger partial charge < -0.3 is 25.0 Å². The number of aryl methyl sites for hydroxylation is 2. The van der Waals surface area contributed by atoms with E-state index in [1.165, 1.54) is 5.69 Å². The van der Waals surface area contributed by atoms with Gasteiger partial charge in [0.05, 0.1) is 33.7 Å². The number of nitrogens with one attached hydrogen (secondary N) is 1. The molecule has 6 aliphatic rings. The summed E-state index contributed by atoms with van der Waals surface area (Å²) in [6, 6.07) is 12.7. The van der Waals surface area contributed by atoms with Gasteiger partial charge in [0, 0.05) is 76.4 Å². The molecular weight excluding hydrogens is 708 g/mol. The van der Waals surface area contributed by atoms with Gasteiger partial charge in [-0.2, -0.15) is 5.26 Å². The number of carbonyl (C=O) groups is 3. The average Bonchev–Trinajstić information content (AvgIpc) is 3.88. The van der Waals surface area contributed by atoms with Crippen LogP contribution in [-0.2, 0) is 20.8 Å². The standard InChI is InChI=1S/C35H32Cl2FN5O.C4H4O4/c1-16-22-14-28(27-13-19-12-26(19)42(27)35(44)17-7-8-17)43(33-20-11-25(33)40-15-20)34(22)23-10-18(4-3-9-39)29(31(38)32(23)41-16)21-5-2-6-24(36)30(21)37;5-3(6)1-2-4(7)8/h2,5-6,10,14,17,19-20,25-27,33,40H,3-4,7-8,11-13,15H2,1H3;1-2H,(H,5,6)(H,7,8)/b;2-1+/t19-,20-,25-,26-,27-,33+;/m1./s1. The first-order chi connectivity index (χ1) is 25.0. The Morgan fingerprint density at radius 2 is 1.83 bits per heavy atom. The zero-order valence-corrected chi connectivity index (χ0v) is 29.8. The van der Waals surface area contributed by atoms with Crippen molar-refractivity contribution in [3.05, 3.63) is 75.3 Å². The maximum atomic E-state index is 17.0. The van der Waals surface area contributed by atoms with E-state index < -0.39 is 17.8 Å². The third-order valence-corrected chi connectivity index (χ3v) is 12.2. The van der Waals surface area contributed by atoms with Crippen molar-refractivity contribution in [2.75, 3.05) is 6.54 Å². The van der Waals surface area contributed by atoms with E-state index in [4.69, 9.17) is 38.4 Å². The van der Waals surface area contributed by atoms with Crippen LogP contribution in [0.1, 0.15) is 67.6 Å². The molecule has 13 heteroatoms. The Morgan fingerprint density at radius 1 is 1.08 bits per heavy atom. The number of likely N-dealkylation sites (tertiary alicyclic amines) is 1. The molecule has 10 rings (SSSR count). The number of piperidine rings is 1. The molecule has 5 heterocycles. The molecule has 3 N–H and O–H groups in total. The predicted molar refractivity (Wildman–Crippen MR) is 193 cm³/mol. The first-order valence-corrected chi connectivity index (χ1v) is 18.4. The number of pyridine rings is 1. The molecule has 3 aliphatic heterocycles. The largest absolute Gasteiger partial charge is 0.478 e. The summed E-state index contributed by atoms with van der Waals surface area (Å²) < 4.78 is 19.4. The molecule has 6 atom stereocenters. The molecule has 0 radical (unpaired) electrons. The minimum Gasteiger partial charge on any atom is -0.478 e. The molecule has 2 aromatic carbocycles. The second kappa shape index (κ2) is 13.2. The van der Waals surface area contributed by atoms with Crippen LogP contribution in [0.2, 0.25) is 10.0 Å². The number of aromatic nitrogens is 2. The number of carboxylic acids is 2. The molecule has 52 heavy (non-hydrogen) atoms. The van der Waals surface area contributed by atoms with Crippen molar-refractivity contribution in [2.24, 2.45) is 17.8 Å². The van der Waals surface area contributed by atoms with Gasteiger partial charge in [-0.25, -0.2) is 19.0 Å². The molecule has 1 amide bonds. The van der Waals surface area contributed by atoms with Gasteiger partial charge in [-0.1, -0.05) is 35.3 Å². The third-order valence-electron chi connectivity index (χ3n) is 11.4. The minimum absolute atomic E-state index is 0.0288. The molecule has 4 aromatic rings. The molecule has 6 fully saturated rings. The molecular formula is C39H36Cl2FN5O5. The Hall–Kier alpha value is -4.50. The van der Waals surface area contributed by atoms with E-state index in [1.54, 1.807) is 18.2 Å². The fourth-order valence-electron chi connectivity index (χ4n) is 8.82. The maximum Gasteiger partial charge on any atom is 0.328 e. The topological polar surface area (TPSA) is 149 Å². The van der Waals surface area contributed by atoms with Crippen LogP contribution in [0.25, 0.3) is 32.9 Å². The Kier molecular flexibility index (Phi) is 8.76. The van der Waals surface area contributed by atoms with Gasteiger partial charge in [0.25, 0.3) is 0 Å². The minimum atomic E-state index is -1.26. The predicted octanol–water partition coefficient (Wildman–Crippen LogP) is 7.38. The summed E-state index contributed by atoms with van der Waals surface area (Å²) in [6.07, 6.45) is 6.94. The fraction of sp³-hybridized carbons (Fsp3) is 0.410. The maximum absolute atomic E-state index is 17.0. The first-order valence-electron chi connectivity index (χ1n) is 17.7. The number of benzene rings is 2. The van der Waals surface area contributed by atoms with Crippen LogP contribution in [0.4, 0.5) is 4.39 Å². The molecule has 2 bridgehead atoms. The number of hydrogen-bond donors (Lipinski definition) is 3. The van der Waals surface area contributed by atoms with E-state index in [-0.39, 0.29) is 29.4 Å². The normalized spacial score (nSPS) is 25.5. The highest BCUT2D eigenvalue weighted by molar-refractivity contribution is 6.43. The lowest BCUT2D eigenvalue weighted by molar-refractivity contribution is -0.135. The molecule has 3 saturated heterocycles. The van der Waals surface area contributed by atoms with Crippen molar-refractivity contribution in [1.82, 2.24) is 19.8 Å². The van der Waals surface area contributed by atoms with Crippen LogP contribution in [0.3, 0.4) is 0 Å². The van der Waals surface area contributed by atoms with Crippen molar-refractivity contribution in [2.45, 2.75) is 76.0 Å². The summed E-state index contributed by atoms with van der Waals surface area (Å²) in [4.78, 5) is 39.9. The summed E-state index contributed by atoms with van der Waals surface area (Å²) in [5, 5.41) is 31.2. The van der Waals surface area contributed by atoms with Gasteiger partial charge in [0.1, 0.15) is 5.52 Å². The van der Waals surface area contributed by atoms with Gasteiger partial charge in [-0.05, 0) is 81.0 Å². The monoisotopic (exact) mass is 743 g/mol. The van der Waals surface area contributed by atoms with E-state index in [2.05, 4.69) is 26.9 Å². The average molecular weight is 745 g/mol. The smallest absolute Gasteiger partial charge is 0.328 e. The number of nitrogens with zero attached hydrogens (tertiary/aromatic N) is 4. The van der Waals surface area contributed by atoms with Crippen LogP contribution >= 0.6 is 23.2 Å². The quantitative estimate of drug-likeness (QED) is 0.158. The number of carboxylic acid groups (broad SMARTS) is 2. The van der Waals surface area contributed by atoms with Gasteiger partial charge >= 0.3 is 11.9 Å². The molecule has 10 nitrogen and oxygen atoms in total. The summed E-state index contributed by atoms with van der Waals surface area (Å²) in [5.41, 5.74) is 4.79. The highest BCUT2D eigenvalue weighted by atomic mass is 35.5. The Morgan fingerprint density at radius 3 is 2.46 bits per heavy atom. The fourth-order valence-corrected chi connectivity index (χ4v) is 9.21. The lowest BCUT2D eigenvalue weighted by Crippen LogP contribution is -2.41. The van der Waals surface area contributed by atoms with Gasteiger partial charge in [-0.3, -0.25) is 4.79 Å². The van der Waals surface area contributed by atoms with Crippen molar-refractivity contribution < 1.29 is 29.0 Å². The van der Waals surface area contributed by atoms with Gasteiger partial charge in [0.2, 0.25) is 5.91 Å². The van der Waals surface area contributed by atoms with E-state index in [1.807, 2.05) is 13.0 Å². The number of aliphatic carboxylic acids is 2. The van der Waals surface area contributed by atoms with E-state index in [9.17, 15) is 19.6 Å². The number of fused-ring (bicyclic) bond motifs is 5. The van der Waals surface area contributed by atoms with E-state index >= 15 is 4.39 Å². The lowest BCUT2D eigenvalue weighted by atomic mass is 9.79. The number of hydrogen-bond acceptors (Lipinski definition) is 6. The molecule has 0 spiro atoms. The molecule has 3 aliphatic carbocycles. The highest BCUT2D eigenvalue weighted by Gasteiger charge is 2.58. The summed E-state index contributed by atoms with van der Waals surface area (Å²) in [6.45, 7) is 2.92. The number of halogens is 3. The second-order valence-corrected chi connectivity index (χ2v) is 15.4. The van der Waals surface area contributed by atoms with Crippen LogP contribution in [0.5, 0.6) is 0 Å². The molecule has 0 unspecified atom stereocenters. The van der Waals surface area contributed by atoms with Crippen LogP contribution in [0, 0.1) is 41.8 Å². The molecule has 268 valence electrons. The van der Waals surface area contributed by atoms with E-state index in [0.29, 0.717) is 75.6 Å². The highest BCUT2D eigenvalue weighted by Crippen LogP contribution is 2.57. The summed E-state index contributed by atoms with van der Waals surface area (Å²) in [5.74, 6) is -1.40. The third kappa shape index (κ3) is 5.81. The van der Waals surface area contributed by atoms with Crippen molar-refractivity contribution >= 4 is 62.9 Å². The zero-order valence-electron chi connectivity index (χ0n) is 28.3. The van der Waals surface area contributed by atoms with E-state index in [0.717, 1.165) is 60.6 Å². The SMILES string of the molecule is Cc1nc2c(F)c(-c3cccc(Cl)c3Cl)c(CCC#N)cc2c2c1cc([C@H]1C[C@H]3C[C@H]3N1C(=O)C1CC1)n2[C@H]1[C@H]2CN[C@@H]1C2.O=C(O)/C=C/C(=O)O. The number of amides is 1. The molecule has 3 saturated carbocycles. The Balaban J connectivity index is 0.000000437. The number of rotatable bonds is 8. The lowest BCUT2D eigenvalue weighted by Gasteiger charge is -2.40. The number of nitriles is 1. The summed E-state index contributed by atoms with van der Waals surface area (Å²) in [7, 11) is 0. The Bertz CT molecular complexity index is 2230. The Labute approximate surface area is 308 Å². The van der Waals surface area contributed by atoms with Crippen molar-refractivity contribution in [3.63, 3.8) is 0 Å². The second-order valence-electron chi connectivity index (χ2n) is 14.6. The van der Waals surface area contributed by atoms with Crippen LogP contribution in [-0.4, -0.2) is 61.1 Å². The van der Waals surface area contributed by atoms with Crippen molar-refractivity contribution in [1.29, 1.82) is 5.26 Å². The van der Waals surface area contributed by atoms with Crippen molar-refractivity contribution in [3.8, 4) is 17.2 Å². The van der Waals surface area contributed by atoms with Crippen LogP contribution in [0.15, 0.2) is 42.5 Å². The van der Waals surface area contributed by atoms with Gasteiger partial charge in [0.15, 0.2) is 5.82 Å². The number of carbonyl (C=O) groups excluding carboxylic acids is 1. The van der Waals surface area contributed by atoms with Crippen LogP contribution < -0.4 is 5.32 Å². The molecule has 2 aromatic heterocycles. The van der Waals surface area contributed by atoms with Gasteiger partial charge in [-0.15, -0.1) is 0 Å². The first kappa shape index (κ1) is 34.6. The zero-order chi connectivity index (χ0) is 36.6.